The van der Waals surface area contributed by atoms with Gasteiger partial charge in [0.15, 0.2) is 6.10 Å². The van der Waals surface area contributed by atoms with Gasteiger partial charge in [0, 0.05) is 18.5 Å². The van der Waals surface area contributed by atoms with Gasteiger partial charge in [-0.05, 0) is 19.1 Å². The van der Waals surface area contributed by atoms with Crippen LogP contribution in [0.1, 0.15) is 22.3 Å². The minimum atomic E-state index is -1.51. The van der Waals surface area contributed by atoms with Crippen LogP contribution in [0.15, 0.2) is 24.3 Å². The van der Waals surface area contributed by atoms with E-state index in [2.05, 4.69) is 10.6 Å². The van der Waals surface area contributed by atoms with Crippen molar-refractivity contribution in [3.8, 4) is 0 Å². The van der Waals surface area contributed by atoms with Gasteiger partial charge in [0.05, 0.1) is 6.54 Å². The molecule has 0 spiro atoms. The summed E-state index contributed by atoms with van der Waals surface area (Å²) in [6, 6.07) is 6.90. The third-order valence-electron chi connectivity index (χ3n) is 2.75. The molecule has 4 N–H and O–H groups in total. The van der Waals surface area contributed by atoms with Crippen molar-refractivity contribution < 1.29 is 24.6 Å². The molecule has 114 valence electrons. The third-order valence-corrected chi connectivity index (χ3v) is 2.75. The standard InChI is InChI=1S/C14H18N2O5/c1-9-2-4-10(5-3-9)13(19)16-8-12(18)15-7-6-11(17)14(20)21/h2-5,11,17H,6-8H2,1H3,(H,15,18)(H,16,19)(H,20,21)/t11-/m0/s1. The van der Waals surface area contributed by atoms with E-state index in [9.17, 15) is 14.4 Å². The van der Waals surface area contributed by atoms with E-state index in [-0.39, 0.29) is 25.4 Å². The van der Waals surface area contributed by atoms with E-state index in [4.69, 9.17) is 10.2 Å². The molecular formula is C14H18N2O5. The highest BCUT2D eigenvalue weighted by Gasteiger charge is 2.13. The number of aliphatic hydroxyl groups is 1. The van der Waals surface area contributed by atoms with Gasteiger partial charge in [0.25, 0.3) is 5.91 Å². The molecule has 1 rings (SSSR count). The second-order valence-electron chi connectivity index (χ2n) is 4.54. The largest absolute Gasteiger partial charge is 0.479 e. The molecule has 1 aromatic rings. The second kappa shape index (κ2) is 8.01. The van der Waals surface area contributed by atoms with Crippen LogP contribution in [0.3, 0.4) is 0 Å². The molecule has 7 nitrogen and oxygen atoms in total. The monoisotopic (exact) mass is 294 g/mol. The number of nitrogens with one attached hydrogen (secondary N) is 2. The van der Waals surface area contributed by atoms with Gasteiger partial charge in [-0.25, -0.2) is 4.79 Å². The number of carbonyl (C=O) groups excluding carboxylic acids is 2. The first-order chi connectivity index (χ1) is 9.90. The average molecular weight is 294 g/mol. The summed E-state index contributed by atoms with van der Waals surface area (Å²) in [5.74, 6) is -2.15. The first-order valence-corrected chi connectivity index (χ1v) is 6.42. The zero-order chi connectivity index (χ0) is 15.8. The number of hydrogen-bond acceptors (Lipinski definition) is 4. The fourth-order valence-corrected chi connectivity index (χ4v) is 1.50. The van der Waals surface area contributed by atoms with E-state index >= 15 is 0 Å². The quantitative estimate of drug-likeness (QED) is 0.550. The number of aryl methyl sites for hydroxylation is 1. The van der Waals surface area contributed by atoms with Crippen LogP contribution in [-0.2, 0) is 9.59 Å². The second-order valence-corrected chi connectivity index (χ2v) is 4.54. The van der Waals surface area contributed by atoms with Crippen LogP contribution in [0.2, 0.25) is 0 Å². The predicted octanol–water partition coefficient (Wildman–Crippen LogP) is -0.323. The molecule has 0 saturated heterocycles. The van der Waals surface area contributed by atoms with Gasteiger partial charge >= 0.3 is 5.97 Å². The first-order valence-electron chi connectivity index (χ1n) is 6.42. The van der Waals surface area contributed by atoms with Crippen molar-refractivity contribution >= 4 is 17.8 Å². The molecule has 0 aliphatic carbocycles. The van der Waals surface area contributed by atoms with E-state index in [1.165, 1.54) is 0 Å². The number of aliphatic hydroxyl groups excluding tert-OH is 1. The Morgan fingerprint density at radius 2 is 1.76 bits per heavy atom. The van der Waals surface area contributed by atoms with E-state index in [1.807, 2.05) is 6.92 Å². The Hall–Kier alpha value is -2.41. The van der Waals surface area contributed by atoms with Crippen molar-refractivity contribution in [2.45, 2.75) is 19.4 Å². The average Bonchev–Trinajstić information content (AvgIpc) is 2.45. The summed E-state index contributed by atoms with van der Waals surface area (Å²) in [6.45, 7) is 1.71. The van der Waals surface area contributed by atoms with E-state index in [0.717, 1.165) is 5.56 Å². The molecule has 2 amide bonds. The molecule has 7 heteroatoms. The van der Waals surface area contributed by atoms with Crippen molar-refractivity contribution in [1.29, 1.82) is 0 Å². The molecule has 0 aliphatic rings. The summed E-state index contributed by atoms with van der Waals surface area (Å²) >= 11 is 0. The van der Waals surface area contributed by atoms with E-state index < -0.39 is 18.0 Å². The summed E-state index contributed by atoms with van der Waals surface area (Å²) in [5, 5.41) is 22.3. The third kappa shape index (κ3) is 6.05. The minimum Gasteiger partial charge on any atom is -0.479 e. The fraction of sp³-hybridized carbons (Fsp3) is 0.357. The lowest BCUT2D eigenvalue weighted by Crippen LogP contribution is -2.38. The Morgan fingerprint density at radius 3 is 2.33 bits per heavy atom. The van der Waals surface area contributed by atoms with Gasteiger partial charge in [0.2, 0.25) is 5.91 Å². The topological polar surface area (TPSA) is 116 Å². The number of benzene rings is 1. The maximum atomic E-state index is 11.7. The molecule has 0 bridgehead atoms. The van der Waals surface area contributed by atoms with Gasteiger partial charge in [-0.2, -0.15) is 0 Å². The zero-order valence-electron chi connectivity index (χ0n) is 11.6. The van der Waals surface area contributed by atoms with Crippen LogP contribution in [0, 0.1) is 6.92 Å². The van der Waals surface area contributed by atoms with Gasteiger partial charge in [-0.3, -0.25) is 9.59 Å². The number of carboxylic acid groups (broad SMARTS) is 1. The van der Waals surface area contributed by atoms with E-state index in [1.54, 1.807) is 24.3 Å². The number of amides is 2. The number of hydrogen-bond donors (Lipinski definition) is 4. The molecule has 1 atom stereocenters. The molecule has 1 aromatic carbocycles. The van der Waals surface area contributed by atoms with Crippen molar-refractivity contribution in [2.24, 2.45) is 0 Å². The van der Waals surface area contributed by atoms with Gasteiger partial charge in [-0.1, -0.05) is 17.7 Å². The van der Waals surface area contributed by atoms with Crippen molar-refractivity contribution in [1.82, 2.24) is 10.6 Å². The maximum Gasteiger partial charge on any atom is 0.332 e. The molecule has 21 heavy (non-hydrogen) atoms. The lowest BCUT2D eigenvalue weighted by atomic mass is 10.1. The van der Waals surface area contributed by atoms with Crippen LogP contribution in [-0.4, -0.2) is 47.2 Å². The van der Waals surface area contributed by atoms with Gasteiger partial charge < -0.3 is 20.8 Å². The first kappa shape index (κ1) is 16.6. The number of rotatable bonds is 7. The Kier molecular flexibility index (Phi) is 6.35. The van der Waals surface area contributed by atoms with Crippen LogP contribution < -0.4 is 10.6 Å². The SMILES string of the molecule is Cc1ccc(C(=O)NCC(=O)NCC[C@H](O)C(=O)O)cc1. The van der Waals surface area contributed by atoms with Crippen molar-refractivity contribution in [3.05, 3.63) is 35.4 Å². The van der Waals surface area contributed by atoms with Crippen LogP contribution in [0.25, 0.3) is 0 Å². The molecule has 0 unspecified atom stereocenters. The highest BCUT2D eigenvalue weighted by Crippen LogP contribution is 2.02. The summed E-state index contributed by atoms with van der Waals surface area (Å²) in [6.07, 6.45) is -1.60. The Labute approximate surface area is 122 Å². The number of aliphatic carboxylic acids is 1. The smallest absolute Gasteiger partial charge is 0.332 e. The van der Waals surface area contributed by atoms with Gasteiger partial charge in [-0.15, -0.1) is 0 Å². The normalized spacial score (nSPS) is 11.5. The van der Waals surface area contributed by atoms with Crippen LogP contribution in [0.5, 0.6) is 0 Å². The molecule has 0 saturated carbocycles. The van der Waals surface area contributed by atoms with E-state index in [0.29, 0.717) is 5.56 Å². The summed E-state index contributed by atoms with van der Waals surface area (Å²) < 4.78 is 0. The molecule has 0 aromatic heterocycles. The number of carbonyl (C=O) groups is 3. The van der Waals surface area contributed by atoms with Crippen molar-refractivity contribution in [2.75, 3.05) is 13.1 Å². The van der Waals surface area contributed by atoms with Crippen LogP contribution >= 0.6 is 0 Å². The Morgan fingerprint density at radius 1 is 1.14 bits per heavy atom. The maximum absolute atomic E-state index is 11.7. The zero-order valence-corrected chi connectivity index (χ0v) is 11.6. The molecule has 0 fully saturated rings. The molecule has 0 radical (unpaired) electrons. The molecule has 0 heterocycles. The summed E-state index contributed by atoms with van der Waals surface area (Å²) in [7, 11) is 0. The highest BCUT2D eigenvalue weighted by atomic mass is 16.4. The molecule has 0 aliphatic heterocycles. The van der Waals surface area contributed by atoms with Crippen LogP contribution in [0.4, 0.5) is 0 Å². The summed E-state index contributed by atoms with van der Waals surface area (Å²) in [5.41, 5.74) is 1.48. The predicted molar refractivity (Wildman–Crippen MR) is 74.8 cm³/mol. The summed E-state index contributed by atoms with van der Waals surface area (Å²) in [4.78, 5) is 33.5. The Balaban J connectivity index is 2.28. The lowest BCUT2D eigenvalue weighted by Gasteiger charge is -2.08. The highest BCUT2D eigenvalue weighted by molar-refractivity contribution is 5.96. The Bertz CT molecular complexity index is 513. The number of carboxylic acids is 1. The van der Waals surface area contributed by atoms with Gasteiger partial charge in [0.1, 0.15) is 0 Å². The molecular weight excluding hydrogens is 276 g/mol. The minimum absolute atomic E-state index is 0.0205. The fourth-order valence-electron chi connectivity index (χ4n) is 1.50. The van der Waals surface area contributed by atoms with Crippen molar-refractivity contribution in [3.63, 3.8) is 0 Å². The lowest BCUT2D eigenvalue weighted by molar-refractivity contribution is -0.147.